The molecule has 1 aromatic heterocycles. The average molecular weight is 666 g/mol. The Balaban J connectivity index is 1.28. The maximum absolute atomic E-state index is 13.6. The Labute approximate surface area is 288 Å². The van der Waals surface area contributed by atoms with Gasteiger partial charge in [-0.25, -0.2) is 0 Å². The number of pyridine rings is 1. The fraction of sp³-hybridized carbons (Fsp3) is 0.350. The van der Waals surface area contributed by atoms with Gasteiger partial charge in [-0.3, -0.25) is 9.78 Å². The molecule has 1 aliphatic rings. The number of fused-ring (bicyclic) bond motifs is 1. The van der Waals surface area contributed by atoms with Crippen molar-refractivity contribution >= 4 is 34.5 Å². The number of amides is 1. The maximum Gasteiger partial charge on any atom is 0.251 e. The number of ether oxygens (including phenoxy) is 2. The van der Waals surface area contributed by atoms with Gasteiger partial charge in [0.05, 0.1) is 6.61 Å². The van der Waals surface area contributed by atoms with E-state index < -0.39 is 11.2 Å². The minimum absolute atomic E-state index is 0.127. The number of rotatable bonds is 15. The molecule has 0 bridgehead atoms. The van der Waals surface area contributed by atoms with Crippen LogP contribution < -0.4 is 15.0 Å². The van der Waals surface area contributed by atoms with E-state index in [1.807, 2.05) is 61.5 Å². The summed E-state index contributed by atoms with van der Waals surface area (Å²) in [5.41, 5.74) is 7.58. The van der Waals surface area contributed by atoms with Crippen molar-refractivity contribution in [3.8, 4) is 16.9 Å². The molecule has 1 aliphatic heterocycles. The molecule has 0 spiro atoms. The molecule has 252 valence electrons. The van der Waals surface area contributed by atoms with Crippen LogP contribution in [0.3, 0.4) is 0 Å². The lowest BCUT2D eigenvalue weighted by Crippen LogP contribution is -2.29. The monoisotopic (exact) mass is 665 g/mol. The Morgan fingerprint density at radius 3 is 2.46 bits per heavy atom. The molecule has 1 atom stereocenters. The van der Waals surface area contributed by atoms with Crippen molar-refractivity contribution < 1.29 is 18.8 Å². The average Bonchev–Trinajstić information content (AvgIpc) is 3.26. The van der Waals surface area contributed by atoms with Crippen LogP contribution in [0.4, 0.5) is 11.4 Å². The molecule has 3 aromatic carbocycles. The molecule has 1 unspecified atom stereocenters. The standard InChI is InChI=1S/C40H47N3O4S/c1-5-6-21-46-22-23-47-37-14-9-32(10-15-37)33-11-18-39-35(24-33)25-34(19-20-43(39)27-29(2)3)40(44)42-36-12-16-38(17-13-36)48(45)28-31-8-7-30(4)41-26-31/h7-18,24-26,29H,5-6,19-23,27-28H2,1-4H3,(H,42,44). The highest BCUT2D eigenvalue weighted by atomic mass is 32.2. The van der Waals surface area contributed by atoms with Crippen LogP contribution in [0.15, 0.2) is 95.5 Å². The third kappa shape index (κ3) is 9.95. The zero-order valence-corrected chi connectivity index (χ0v) is 29.4. The van der Waals surface area contributed by atoms with Crippen LogP contribution in [-0.4, -0.2) is 48.4 Å². The molecule has 1 N–H and O–H groups in total. The largest absolute Gasteiger partial charge is 0.611 e. The molecule has 8 heteroatoms. The summed E-state index contributed by atoms with van der Waals surface area (Å²) in [4.78, 5) is 21.0. The van der Waals surface area contributed by atoms with Crippen LogP contribution in [-0.2, 0) is 26.5 Å². The molecule has 0 saturated carbocycles. The summed E-state index contributed by atoms with van der Waals surface area (Å²) >= 11 is -1.21. The van der Waals surface area contributed by atoms with Crippen LogP contribution in [0.2, 0.25) is 0 Å². The molecule has 0 radical (unpaired) electrons. The summed E-state index contributed by atoms with van der Waals surface area (Å²) in [5, 5.41) is 3.07. The Hall–Kier alpha value is -4.11. The van der Waals surface area contributed by atoms with Gasteiger partial charge in [-0.05, 0) is 114 Å². The van der Waals surface area contributed by atoms with Gasteiger partial charge in [0.2, 0.25) is 0 Å². The van der Waals surface area contributed by atoms with Crippen molar-refractivity contribution in [1.82, 2.24) is 4.98 Å². The molecule has 0 fully saturated rings. The van der Waals surface area contributed by atoms with Crippen molar-refractivity contribution in [3.63, 3.8) is 0 Å². The van der Waals surface area contributed by atoms with Gasteiger partial charge >= 0.3 is 0 Å². The lowest BCUT2D eigenvalue weighted by Gasteiger charge is -2.27. The van der Waals surface area contributed by atoms with Crippen molar-refractivity contribution in [3.05, 3.63) is 107 Å². The molecule has 4 aromatic rings. The van der Waals surface area contributed by atoms with E-state index in [0.717, 1.165) is 77.5 Å². The van der Waals surface area contributed by atoms with E-state index in [1.54, 1.807) is 6.20 Å². The fourth-order valence-electron chi connectivity index (χ4n) is 5.61. The SMILES string of the molecule is CCCCOCCOc1ccc(-c2ccc3c(c2)C=C(C(=O)Nc2ccc([S+]([O-])Cc4ccc(C)nc4)cc2)CCN3CC(C)C)cc1. The first-order valence-electron chi connectivity index (χ1n) is 16.9. The molecule has 7 nitrogen and oxygen atoms in total. The Kier molecular flexibility index (Phi) is 12.7. The first-order chi connectivity index (χ1) is 23.3. The van der Waals surface area contributed by atoms with Gasteiger partial charge < -0.3 is 24.2 Å². The highest BCUT2D eigenvalue weighted by Gasteiger charge is 2.21. The number of anilines is 2. The van der Waals surface area contributed by atoms with Gasteiger partial charge in [-0.15, -0.1) is 0 Å². The minimum Gasteiger partial charge on any atom is -0.611 e. The Morgan fingerprint density at radius 2 is 1.75 bits per heavy atom. The van der Waals surface area contributed by atoms with Crippen molar-refractivity contribution in [2.45, 2.75) is 57.6 Å². The topological polar surface area (TPSA) is 86.8 Å². The summed E-state index contributed by atoms with van der Waals surface area (Å²) in [6.45, 7) is 12.1. The first kappa shape index (κ1) is 35.2. The molecule has 48 heavy (non-hydrogen) atoms. The van der Waals surface area contributed by atoms with Crippen LogP contribution >= 0.6 is 0 Å². The van der Waals surface area contributed by atoms with Crippen molar-refractivity contribution in [2.75, 3.05) is 43.1 Å². The quantitative estimate of drug-likeness (QED) is 0.101. The molecular formula is C40H47N3O4S. The van der Waals surface area contributed by atoms with E-state index in [-0.39, 0.29) is 5.91 Å². The lowest BCUT2D eigenvalue weighted by molar-refractivity contribution is -0.112. The summed E-state index contributed by atoms with van der Waals surface area (Å²) < 4.78 is 24.4. The van der Waals surface area contributed by atoms with E-state index in [9.17, 15) is 9.35 Å². The number of aryl methyl sites for hydroxylation is 1. The second-order valence-corrected chi connectivity index (χ2v) is 14.1. The second kappa shape index (κ2) is 17.3. The van der Waals surface area contributed by atoms with Gasteiger partial charge in [-0.2, -0.15) is 0 Å². The number of benzene rings is 3. The zero-order valence-electron chi connectivity index (χ0n) is 28.5. The second-order valence-electron chi connectivity index (χ2n) is 12.6. The number of unbranched alkanes of at least 4 members (excludes halogenated alkanes) is 1. The smallest absolute Gasteiger partial charge is 0.251 e. The summed E-state index contributed by atoms with van der Waals surface area (Å²) in [6, 6.07) is 25.8. The molecule has 0 aliphatic carbocycles. The summed E-state index contributed by atoms with van der Waals surface area (Å²) in [5.74, 6) is 1.56. The predicted molar refractivity (Wildman–Crippen MR) is 197 cm³/mol. The van der Waals surface area contributed by atoms with Gasteiger partial charge in [0, 0.05) is 54.1 Å². The summed E-state index contributed by atoms with van der Waals surface area (Å²) in [6.07, 6.45) is 6.62. The number of nitrogens with one attached hydrogen (secondary N) is 1. The fourth-order valence-corrected chi connectivity index (χ4v) is 6.69. The molecule has 5 rings (SSSR count). The molecule has 0 saturated heterocycles. The van der Waals surface area contributed by atoms with E-state index in [1.165, 1.54) is 0 Å². The number of hydrogen-bond acceptors (Lipinski definition) is 6. The van der Waals surface area contributed by atoms with E-state index in [0.29, 0.717) is 41.9 Å². The normalized spacial score (nSPS) is 13.5. The number of carbonyl (C=O) groups excluding carboxylic acids is 1. The molecular weight excluding hydrogens is 619 g/mol. The van der Waals surface area contributed by atoms with Gasteiger partial charge in [-0.1, -0.05) is 51.5 Å². The number of nitrogens with zero attached hydrogens (tertiary/aromatic N) is 2. The van der Waals surface area contributed by atoms with E-state index >= 15 is 0 Å². The Morgan fingerprint density at radius 1 is 0.979 bits per heavy atom. The van der Waals surface area contributed by atoms with E-state index in [2.05, 4.69) is 66.3 Å². The van der Waals surface area contributed by atoms with Gasteiger partial charge in [0.1, 0.15) is 18.1 Å². The maximum atomic E-state index is 13.6. The number of aromatic nitrogens is 1. The highest BCUT2D eigenvalue weighted by molar-refractivity contribution is 7.90. The van der Waals surface area contributed by atoms with Crippen LogP contribution in [0, 0.1) is 12.8 Å². The third-order valence-corrected chi connectivity index (χ3v) is 9.59. The van der Waals surface area contributed by atoms with E-state index in [4.69, 9.17) is 9.47 Å². The van der Waals surface area contributed by atoms with Crippen LogP contribution in [0.1, 0.15) is 56.9 Å². The lowest BCUT2D eigenvalue weighted by atomic mass is 10.00. The molecule has 1 amide bonds. The van der Waals surface area contributed by atoms with Crippen LogP contribution in [0.5, 0.6) is 5.75 Å². The minimum atomic E-state index is -1.21. The van der Waals surface area contributed by atoms with Crippen molar-refractivity contribution in [2.24, 2.45) is 5.92 Å². The molecule has 2 heterocycles. The van der Waals surface area contributed by atoms with Gasteiger partial charge in [0.15, 0.2) is 4.90 Å². The zero-order chi connectivity index (χ0) is 33.9. The predicted octanol–water partition coefficient (Wildman–Crippen LogP) is 8.45. The first-order valence-corrected chi connectivity index (χ1v) is 18.2. The Bertz CT molecular complexity index is 1650. The third-order valence-electron chi connectivity index (χ3n) is 8.20. The highest BCUT2D eigenvalue weighted by Crippen LogP contribution is 2.34. The number of hydrogen-bond donors (Lipinski definition) is 1. The summed E-state index contributed by atoms with van der Waals surface area (Å²) in [7, 11) is 0. The van der Waals surface area contributed by atoms with Gasteiger partial charge in [0.25, 0.3) is 5.91 Å². The number of carbonyl (C=O) groups is 1. The van der Waals surface area contributed by atoms with Crippen molar-refractivity contribution in [1.29, 1.82) is 0 Å². The van der Waals surface area contributed by atoms with Crippen LogP contribution in [0.25, 0.3) is 17.2 Å².